The van der Waals surface area contributed by atoms with E-state index in [1.807, 2.05) is 23.1 Å². The van der Waals surface area contributed by atoms with Crippen molar-refractivity contribution in [3.05, 3.63) is 78.3 Å². The Morgan fingerprint density at radius 3 is 2.55 bits per heavy atom. The molecule has 3 aromatic rings. The number of piperazine rings is 1. The van der Waals surface area contributed by atoms with E-state index < -0.39 is 0 Å². The number of rotatable bonds is 5. The molecule has 4 rings (SSSR count). The first-order valence-corrected chi connectivity index (χ1v) is 9.44. The minimum atomic E-state index is -0.243. The molecule has 0 bridgehead atoms. The summed E-state index contributed by atoms with van der Waals surface area (Å²) in [6.07, 6.45) is 4.84. The molecule has 1 N–H and O–H groups in total. The van der Waals surface area contributed by atoms with Gasteiger partial charge in [0, 0.05) is 51.2 Å². The molecule has 8 heteroatoms. The maximum atomic E-state index is 14.0. The Morgan fingerprint density at radius 1 is 1.03 bits per heavy atom. The van der Waals surface area contributed by atoms with E-state index in [0.717, 1.165) is 5.56 Å². The molecule has 0 atom stereocenters. The van der Waals surface area contributed by atoms with Gasteiger partial charge in [0.1, 0.15) is 23.7 Å². The summed E-state index contributed by atoms with van der Waals surface area (Å²) < 4.78 is 14.0. The standard InChI is InChI=1S/C21H21FN6O/c22-17-3-1-2-4-19(17)27-9-11-28(12-10-27)21(29)18-13-20(26-15-25-18)24-14-16-5-7-23-8-6-16/h1-8,13,15H,9-12,14H2,(H,24,25,26). The second-order valence-electron chi connectivity index (χ2n) is 6.73. The SMILES string of the molecule is O=C(c1cc(NCc2ccncc2)ncn1)N1CCN(c2ccccc2F)CC1. The Morgan fingerprint density at radius 2 is 1.79 bits per heavy atom. The third kappa shape index (κ3) is 4.48. The van der Waals surface area contributed by atoms with Gasteiger partial charge in [-0.15, -0.1) is 0 Å². The van der Waals surface area contributed by atoms with Gasteiger partial charge in [0.25, 0.3) is 5.91 Å². The number of aromatic nitrogens is 3. The summed E-state index contributed by atoms with van der Waals surface area (Å²) in [6.45, 7) is 2.75. The average Bonchev–Trinajstić information content (AvgIpc) is 2.79. The van der Waals surface area contributed by atoms with Crippen LogP contribution in [0.25, 0.3) is 0 Å². The summed E-state index contributed by atoms with van der Waals surface area (Å²) >= 11 is 0. The van der Waals surface area contributed by atoms with Gasteiger partial charge < -0.3 is 15.1 Å². The van der Waals surface area contributed by atoms with Crippen molar-refractivity contribution in [2.75, 3.05) is 36.4 Å². The van der Waals surface area contributed by atoms with Crippen molar-refractivity contribution in [1.82, 2.24) is 19.9 Å². The van der Waals surface area contributed by atoms with Crippen LogP contribution >= 0.6 is 0 Å². The summed E-state index contributed by atoms with van der Waals surface area (Å²) in [6, 6.07) is 12.2. The molecule has 0 unspecified atom stereocenters. The third-order valence-electron chi connectivity index (χ3n) is 4.87. The molecule has 1 aliphatic heterocycles. The minimum absolute atomic E-state index is 0.146. The number of hydrogen-bond acceptors (Lipinski definition) is 6. The summed E-state index contributed by atoms with van der Waals surface area (Å²) in [7, 11) is 0. The van der Waals surface area contributed by atoms with Crippen LogP contribution in [0.4, 0.5) is 15.9 Å². The van der Waals surface area contributed by atoms with Gasteiger partial charge in [-0.2, -0.15) is 0 Å². The Hall–Kier alpha value is -3.55. The zero-order valence-corrected chi connectivity index (χ0v) is 15.8. The van der Waals surface area contributed by atoms with Gasteiger partial charge in [-0.3, -0.25) is 9.78 Å². The topological polar surface area (TPSA) is 74.2 Å². The number of anilines is 2. The Balaban J connectivity index is 1.37. The lowest BCUT2D eigenvalue weighted by Gasteiger charge is -2.36. The second-order valence-corrected chi connectivity index (χ2v) is 6.73. The Kier molecular flexibility index (Phi) is 5.60. The van der Waals surface area contributed by atoms with Crippen molar-refractivity contribution in [3.63, 3.8) is 0 Å². The van der Waals surface area contributed by atoms with Gasteiger partial charge in [0.05, 0.1) is 5.69 Å². The smallest absolute Gasteiger partial charge is 0.272 e. The Bertz CT molecular complexity index is 976. The van der Waals surface area contributed by atoms with E-state index in [-0.39, 0.29) is 11.7 Å². The molecule has 1 amide bonds. The zero-order chi connectivity index (χ0) is 20.1. The Labute approximate surface area is 168 Å². The molecule has 1 saturated heterocycles. The van der Waals surface area contributed by atoms with Gasteiger partial charge in [-0.25, -0.2) is 14.4 Å². The molecule has 1 aliphatic rings. The van der Waals surface area contributed by atoms with Crippen LogP contribution in [0.3, 0.4) is 0 Å². The van der Waals surface area contributed by atoms with Gasteiger partial charge >= 0.3 is 0 Å². The number of amides is 1. The molecular weight excluding hydrogens is 371 g/mol. The monoisotopic (exact) mass is 392 g/mol. The molecule has 0 saturated carbocycles. The first-order chi connectivity index (χ1) is 14.2. The van der Waals surface area contributed by atoms with Crippen LogP contribution in [-0.4, -0.2) is 51.9 Å². The molecule has 148 valence electrons. The van der Waals surface area contributed by atoms with Gasteiger partial charge in [0.2, 0.25) is 0 Å². The van der Waals surface area contributed by atoms with Crippen LogP contribution in [0, 0.1) is 5.82 Å². The highest BCUT2D eigenvalue weighted by Crippen LogP contribution is 2.20. The van der Waals surface area contributed by atoms with E-state index in [1.54, 1.807) is 35.5 Å². The molecule has 7 nitrogen and oxygen atoms in total. The first-order valence-electron chi connectivity index (χ1n) is 9.44. The number of benzene rings is 1. The number of carbonyl (C=O) groups excluding carboxylic acids is 1. The van der Waals surface area contributed by atoms with E-state index in [9.17, 15) is 9.18 Å². The van der Waals surface area contributed by atoms with Gasteiger partial charge in [0.15, 0.2) is 0 Å². The number of pyridine rings is 1. The van der Waals surface area contributed by atoms with Crippen LogP contribution < -0.4 is 10.2 Å². The minimum Gasteiger partial charge on any atom is -0.366 e. The molecule has 0 aliphatic carbocycles. The molecule has 3 heterocycles. The molecule has 0 radical (unpaired) electrons. The summed E-state index contributed by atoms with van der Waals surface area (Å²) in [5.74, 6) is 0.200. The fraction of sp³-hybridized carbons (Fsp3) is 0.238. The van der Waals surface area contributed by atoms with Gasteiger partial charge in [-0.05, 0) is 29.8 Å². The highest BCUT2D eigenvalue weighted by molar-refractivity contribution is 5.93. The van der Waals surface area contributed by atoms with Crippen LogP contribution in [0.15, 0.2) is 61.2 Å². The first kappa shape index (κ1) is 18.8. The summed E-state index contributed by atoms with van der Waals surface area (Å²) in [4.78, 5) is 28.9. The maximum absolute atomic E-state index is 14.0. The average molecular weight is 392 g/mol. The number of nitrogens with zero attached hydrogens (tertiary/aromatic N) is 5. The maximum Gasteiger partial charge on any atom is 0.272 e. The number of carbonyl (C=O) groups is 1. The van der Waals surface area contributed by atoms with E-state index in [4.69, 9.17) is 0 Å². The second kappa shape index (κ2) is 8.64. The lowest BCUT2D eigenvalue weighted by molar-refractivity contribution is 0.0740. The number of hydrogen-bond donors (Lipinski definition) is 1. The predicted molar refractivity (Wildman–Crippen MR) is 108 cm³/mol. The van der Waals surface area contributed by atoms with Crippen molar-refractivity contribution in [2.24, 2.45) is 0 Å². The van der Waals surface area contributed by atoms with Crippen LogP contribution in [0.1, 0.15) is 16.1 Å². The fourth-order valence-electron chi connectivity index (χ4n) is 3.28. The van der Waals surface area contributed by atoms with Crippen LogP contribution in [0.2, 0.25) is 0 Å². The van der Waals surface area contributed by atoms with E-state index in [2.05, 4.69) is 20.3 Å². The predicted octanol–water partition coefficient (Wildman–Crippen LogP) is 2.59. The third-order valence-corrected chi connectivity index (χ3v) is 4.87. The number of para-hydroxylation sites is 1. The van der Waals surface area contributed by atoms with Crippen LogP contribution in [-0.2, 0) is 6.54 Å². The van der Waals surface area contributed by atoms with E-state index >= 15 is 0 Å². The van der Waals surface area contributed by atoms with Crippen molar-refractivity contribution in [2.45, 2.75) is 6.54 Å². The fourth-order valence-corrected chi connectivity index (χ4v) is 3.28. The molecule has 1 aromatic carbocycles. The largest absolute Gasteiger partial charge is 0.366 e. The highest BCUT2D eigenvalue weighted by atomic mass is 19.1. The van der Waals surface area contributed by atoms with Crippen molar-refractivity contribution >= 4 is 17.4 Å². The molecule has 2 aromatic heterocycles. The molecule has 0 spiro atoms. The normalized spacial score (nSPS) is 14.0. The van der Waals surface area contributed by atoms with Crippen molar-refractivity contribution in [1.29, 1.82) is 0 Å². The summed E-state index contributed by atoms with van der Waals surface area (Å²) in [5.41, 5.74) is 1.98. The lowest BCUT2D eigenvalue weighted by atomic mass is 10.2. The van der Waals surface area contributed by atoms with Crippen molar-refractivity contribution < 1.29 is 9.18 Å². The highest BCUT2D eigenvalue weighted by Gasteiger charge is 2.24. The van der Waals surface area contributed by atoms with E-state index in [1.165, 1.54) is 12.4 Å². The van der Waals surface area contributed by atoms with Crippen LogP contribution in [0.5, 0.6) is 0 Å². The molecule has 29 heavy (non-hydrogen) atoms. The molecule has 1 fully saturated rings. The summed E-state index contributed by atoms with van der Waals surface area (Å²) in [5, 5.41) is 3.19. The van der Waals surface area contributed by atoms with Gasteiger partial charge in [-0.1, -0.05) is 12.1 Å². The van der Waals surface area contributed by atoms with Crippen molar-refractivity contribution in [3.8, 4) is 0 Å². The zero-order valence-electron chi connectivity index (χ0n) is 15.8. The van der Waals surface area contributed by atoms with E-state index in [0.29, 0.717) is 49.9 Å². The number of halogens is 1. The molecular formula is C21H21FN6O. The number of nitrogens with one attached hydrogen (secondary N) is 1. The lowest BCUT2D eigenvalue weighted by Crippen LogP contribution is -2.49. The quantitative estimate of drug-likeness (QED) is 0.720.